The molecule has 21 heavy (non-hydrogen) atoms. The lowest BCUT2D eigenvalue weighted by Crippen LogP contribution is -2.34. The Morgan fingerprint density at radius 2 is 2.10 bits per heavy atom. The topological polar surface area (TPSA) is 75.6 Å². The van der Waals surface area contributed by atoms with Crippen LogP contribution in [0, 0.1) is 5.92 Å². The fourth-order valence-electron chi connectivity index (χ4n) is 1.83. The monoisotopic (exact) mass is 357 g/mol. The molecule has 1 aromatic carbocycles. The highest BCUT2D eigenvalue weighted by Crippen LogP contribution is 2.28. The van der Waals surface area contributed by atoms with Gasteiger partial charge in [-0.3, -0.25) is 4.79 Å². The van der Waals surface area contributed by atoms with E-state index >= 15 is 0 Å². The minimum absolute atomic E-state index is 0.224. The van der Waals surface area contributed by atoms with Crippen molar-refractivity contribution in [1.82, 2.24) is 5.32 Å². The van der Waals surface area contributed by atoms with Gasteiger partial charge in [0.15, 0.2) is 6.04 Å². The zero-order valence-corrected chi connectivity index (χ0v) is 13.9. The van der Waals surface area contributed by atoms with Crippen LogP contribution in [0.4, 0.5) is 0 Å². The molecule has 1 aromatic rings. The maximum Gasteiger partial charge on any atom is 0.330 e. The first-order chi connectivity index (χ1) is 9.88. The molecule has 0 bridgehead atoms. The molecule has 116 valence electrons. The minimum atomic E-state index is -1.09. The lowest BCUT2D eigenvalue weighted by Gasteiger charge is -2.17. The van der Waals surface area contributed by atoms with E-state index in [2.05, 4.69) is 21.2 Å². The number of carboxylic acid groups (broad SMARTS) is 1. The molecular formula is C15H20BrNO4. The smallest absolute Gasteiger partial charge is 0.330 e. The predicted octanol–water partition coefficient (Wildman–Crippen LogP) is 3.14. The fourth-order valence-corrected chi connectivity index (χ4v) is 2.39. The van der Waals surface area contributed by atoms with Gasteiger partial charge >= 0.3 is 5.97 Å². The number of carbonyl (C=O) groups is 2. The summed E-state index contributed by atoms with van der Waals surface area (Å²) in [7, 11) is 1.53. The molecule has 0 radical (unpaired) electrons. The quantitative estimate of drug-likeness (QED) is 0.785. The van der Waals surface area contributed by atoms with Gasteiger partial charge in [-0.1, -0.05) is 26.3 Å². The highest BCUT2D eigenvalue weighted by molar-refractivity contribution is 9.10. The number of rotatable bonds is 7. The molecule has 0 fully saturated rings. The molecular weight excluding hydrogens is 338 g/mol. The highest BCUT2D eigenvalue weighted by atomic mass is 79.9. The third kappa shape index (κ3) is 5.04. The fraction of sp³-hybridized carbons (Fsp3) is 0.467. The number of hydrogen-bond acceptors (Lipinski definition) is 3. The number of amides is 1. The van der Waals surface area contributed by atoms with Gasteiger partial charge in [0.2, 0.25) is 5.91 Å². The van der Waals surface area contributed by atoms with E-state index in [0.29, 0.717) is 22.2 Å². The zero-order valence-electron chi connectivity index (χ0n) is 12.4. The Bertz CT molecular complexity index is 518. The van der Waals surface area contributed by atoms with Crippen molar-refractivity contribution in [3.63, 3.8) is 0 Å². The average molecular weight is 358 g/mol. The van der Waals surface area contributed by atoms with Crippen molar-refractivity contribution in [2.75, 3.05) is 7.11 Å². The molecule has 2 unspecified atom stereocenters. The molecule has 0 saturated heterocycles. The molecule has 2 N–H and O–H groups in total. The summed E-state index contributed by atoms with van der Waals surface area (Å²) in [5, 5.41) is 11.9. The summed E-state index contributed by atoms with van der Waals surface area (Å²) in [4.78, 5) is 23.3. The van der Waals surface area contributed by atoms with Crippen LogP contribution in [-0.4, -0.2) is 24.1 Å². The highest BCUT2D eigenvalue weighted by Gasteiger charge is 2.23. The summed E-state index contributed by atoms with van der Waals surface area (Å²) in [5.74, 6) is -0.524. The molecule has 5 nitrogen and oxygen atoms in total. The Morgan fingerprint density at radius 1 is 1.43 bits per heavy atom. The molecule has 0 heterocycles. The molecule has 1 rings (SSSR count). The first-order valence-electron chi connectivity index (χ1n) is 6.74. The van der Waals surface area contributed by atoms with Crippen LogP contribution in [0.2, 0.25) is 0 Å². The summed E-state index contributed by atoms with van der Waals surface area (Å²) in [5.41, 5.74) is 0.493. The number of ether oxygens (including phenoxy) is 1. The first-order valence-corrected chi connectivity index (χ1v) is 7.53. The number of carbonyl (C=O) groups excluding carboxylic acids is 1. The van der Waals surface area contributed by atoms with Gasteiger partial charge in [0.1, 0.15) is 5.75 Å². The van der Waals surface area contributed by atoms with Gasteiger partial charge < -0.3 is 15.2 Å². The van der Waals surface area contributed by atoms with Gasteiger partial charge in [0, 0.05) is 6.42 Å². The van der Waals surface area contributed by atoms with E-state index in [1.807, 2.05) is 13.8 Å². The Kier molecular flexibility index (Phi) is 6.68. The van der Waals surface area contributed by atoms with Gasteiger partial charge in [0.25, 0.3) is 0 Å². The summed E-state index contributed by atoms with van der Waals surface area (Å²) >= 11 is 3.31. The van der Waals surface area contributed by atoms with Crippen molar-refractivity contribution in [2.24, 2.45) is 5.92 Å². The number of aliphatic carboxylic acids is 1. The number of nitrogens with one attached hydrogen (secondary N) is 1. The van der Waals surface area contributed by atoms with Crippen LogP contribution in [-0.2, 0) is 9.59 Å². The van der Waals surface area contributed by atoms with Crippen molar-refractivity contribution >= 4 is 27.8 Å². The first kappa shape index (κ1) is 17.5. The van der Waals surface area contributed by atoms with Crippen LogP contribution in [0.1, 0.15) is 38.3 Å². The number of methoxy groups -OCH3 is 1. The molecule has 1 amide bonds. The third-order valence-electron chi connectivity index (χ3n) is 3.29. The van der Waals surface area contributed by atoms with E-state index in [1.54, 1.807) is 18.2 Å². The predicted molar refractivity (Wildman–Crippen MR) is 83.3 cm³/mol. The summed E-state index contributed by atoms with van der Waals surface area (Å²) in [6, 6.07) is 3.87. The van der Waals surface area contributed by atoms with Crippen LogP contribution in [0.15, 0.2) is 22.7 Å². The molecule has 0 aromatic heterocycles. The molecule has 0 aliphatic heterocycles. The Morgan fingerprint density at radius 3 is 2.57 bits per heavy atom. The van der Waals surface area contributed by atoms with Crippen molar-refractivity contribution in [2.45, 2.75) is 32.7 Å². The number of hydrogen-bond donors (Lipinski definition) is 2. The second-order valence-electron chi connectivity index (χ2n) is 4.95. The van der Waals surface area contributed by atoms with E-state index in [1.165, 1.54) is 7.11 Å². The average Bonchev–Trinajstić information content (AvgIpc) is 2.44. The van der Waals surface area contributed by atoms with Gasteiger partial charge in [0.05, 0.1) is 11.6 Å². The molecule has 2 atom stereocenters. The van der Waals surface area contributed by atoms with Crippen LogP contribution in [0.5, 0.6) is 5.75 Å². The van der Waals surface area contributed by atoms with Crippen LogP contribution in [0.25, 0.3) is 0 Å². The lowest BCUT2D eigenvalue weighted by molar-refractivity contribution is -0.142. The van der Waals surface area contributed by atoms with Crippen LogP contribution in [0.3, 0.4) is 0 Å². The van der Waals surface area contributed by atoms with Crippen molar-refractivity contribution < 1.29 is 19.4 Å². The van der Waals surface area contributed by atoms with E-state index in [9.17, 15) is 14.7 Å². The summed E-state index contributed by atoms with van der Waals surface area (Å²) < 4.78 is 5.75. The Hall–Kier alpha value is -1.56. The van der Waals surface area contributed by atoms with Gasteiger partial charge in [-0.15, -0.1) is 0 Å². The molecule has 0 aliphatic carbocycles. The van der Waals surface area contributed by atoms with Crippen molar-refractivity contribution in [3.05, 3.63) is 28.2 Å². The third-order valence-corrected chi connectivity index (χ3v) is 3.91. The SMILES string of the molecule is CCC(C)CC(=O)NC(C(=O)O)c1ccc(OC)c(Br)c1. The Labute approximate surface area is 132 Å². The van der Waals surface area contributed by atoms with Crippen LogP contribution >= 0.6 is 15.9 Å². The van der Waals surface area contributed by atoms with E-state index in [4.69, 9.17) is 4.74 Å². The van der Waals surface area contributed by atoms with Gasteiger partial charge in [-0.2, -0.15) is 0 Å². The minimum Gasteiger partial charge on any atom is -0.496 e. The summed E-state index contributed by atoms with van der Waals surface area (Å²) in [6.45, 7) is 3.95. The molecule has 0 spiro atoms. The molecule has 6 heteroatoms. The normalized spacial score (nSPS) is 13.3. The summed E-state index contributed by atoms with van der Waals surface area (Å²) in [6.07, 6.45) is 1.19. The number of halogens is 1. The van der Waals surface area contributed by atoms with E-state index in [0.717, 1.165) is 6.42 Å². The second-order valence-corrected chi connectivity index (χ2v) is 5.80. The maximum absolute atomic E-state index is 11.9. The van der Waals surface area contributed by atoms with Crippen LogP contribution < -0.4 is 10.1 Å². The standard InChI is InChI=1S/C15H20BrNO4/c1-4-9(2)7-13(18)17-14(15(19)20)10-5-6-12(21-3)11(16)8-10/h5-6,8-9,14H,4,7H2,1-3H3,(H,17,18)(H,19,20). The second kappa shape index (κ2) is 8.02. The lowest BCUT2D eigenvalue weighted by atomic mass is 10.0. The van der Waals surface area contributed by atoms with Gasteiger partial charge in [-0.05, 0) is 39.5 Å². The molecule has 0 aliphatic rings. The zero-order chi connectivity index (χ0) is 16.0. The van der Waals surface area contributed by atoms with Crippen molar-refractivity contribution in [1.29, 1.82) is 0 Å². The van der Waals surface area contributed by atoms with E-state index < -0.39 is 12.0 Å². The Balaban J connectivity index is 2.89. The van der Waals surface area contributed by atoms with E-state index in [-0.39, 0.29) is 11.8 Å². The number of carboxylic acids is 1. The number of benzene rings is 1. The van der Waals surface area contributed by atoms with Gasteiger partial charge in [-0.25, -0.2) is 4.79 Å². The molecule has 0 saturated carbocycles. The largest absolute Gasteiger partial charge is 0.496 e. The van der Waals surface area contributed by atoms with Crippen molar-refractivity contribution in [3.8, 4) is 5.75 Å². The maximum atomic E-state index is 11.9.